The fourth-order valence-corrected chi connectivity index (χ4v) is 5.56. The molecular formula is C21H23ClN4O2S. The lowest BCUT2D eigenvalue weighted by Crippen LogP contribution is -2.39. The number of benzene rings is 1. The summed E-state index contributed by atoms with van der Waals surface area (Å²) in [4.78, 5) is 7.71. The number of nitrogens with one attached hydrogen (secondary N) is 2. The molecule has 0 spiro atoms. The van der Waals surface area contributed by atoms with Crippen LogP contribution in [0.5, 0.6) is 0 Å². The standard InChI is InChI=1S/C21H23ClN4O2S/c22-18-13-17-16-12-14(23-6-7-26-8-10-28-11-9-26)3-4-19(16)29(27)25-21(17)20-15(18)2-1-5-24-20/h1-5,12,18,23,25H,6-11,13H2. The van der Waals surface area contributed by atoms with Crippen molar-refractivity contribution < 1.29 is 8.95 Å². The van der Waals surface area contributed by atoms with Crippen LogP contribution in [-0.2, 0) is 15.7 Å². The molecule has 3 aliphatic rings. The molecule has 0 saturated carbocycles. The van der Waals surface area contributed by atoms with Gasteiger partial charge in [-0.25, -0.2) is 4.21 Å². The quantitative estimate of drug-likeness (QED) is 0.730. The average Bonchev–Trinajstić information content (AvgIpc) is 2.76. The van der Waals surface area contributed by atoms with Gasteiger partial charge in [0.2, 0.25) is 0 Å². The van der Waals surface area contributed by atoms with E-state index < -0.39 is 11.0 Å². The second-order valence-corrected chi connectivity index (χ2v) is 9.14. The number of morpholine rings is 1. The van der Waals surface area contributed by atoms with E-state index in [1.165, 1.54) is 0 Å². The number of alkyl halides is 1. The van der Waals surface area contributed by atoms with Gasteiger partial charge in [-0.05, 0) is 47.4 Å². The molecule has 2 aliphatic heterocycles. The van der Waals surface area contributed by atoms with Crippen LogP contribution in [0.4, 0.5) is 5.69 Å². The van der Waals surface area contributed by atoms with Crippen molar-refractivity contribution in [2.75, 3.05) is 44.7 Å². The van der Waals surface area contributed by atoms with Crippen LogP contribution in [-0.4, -0.2) is 53.5 Å². The zero-order valence-electron chi connectivity index (χ0n) is 16.0. The summed E-state index contributed by atoms with van der Waals surface area (Å²) >= 11 is 6.67. The van der Waals surface area contributed by atoms with Crippen molar-refractivity contribution in [1.29, 1.82) is 0 Å². The van der Waals surface area contributed by atoms with Gasteiger partial charge in [-0.2, -0.15) is 0 Å². The molecule has 1 aromatic heterocycles. The number of allylic oxidation sites excluding steroid dienone is 1. The maximum absolute atomic E-state index is 12.8. The molecule has 29 heavy (non-hydrogen) atoms. The van der Waals surface area contributed by atoms with E-state index in [1.807, 2.05) is 24.3 Å². The monoisotopic (exact) mass is 430 g/mol. The zero-order chi connectivity index (χ0) is 19.8. The molecule has 2 unspecified atom stereocenters. The highest BCUT2D eigenvalue weighted by Crippen LogP contribution is 2.46. The van der Waals surface area contributed by atoms with Gasteiger partial charge in [-0.3, -0.25) is 14.6 Å². The molecule has 152 valence electrons. The molecule has 1 aromatic carbocycles. The number of fused-ring (bicyclic) bond motifs is 4. The Bertz CT molecular complexity index is 990. The van der Waals surface area contributed by atoms with Crippen LogP contribution in [0, 0.1) is 0 Å². The average molecular weight is 431 g/mol. The molecule has 5 rings (SSSR count). The molecule has 0 bridgehead atoms. The van der Waals surface area contributed by atoms with Crippen LogP contribution in [0.15, 0.2) is 41.4 Å². The fraction of sp³-hybridized carbons (Fsp3) is 0.381. The third-order valence-corrected chi connectivity index (χ3v) is 7.19. The number of halogens is 1. The van der Waals surface area contributed by atoms with E-state index in [2.05, 4.69) is 26.0 Å². The van der Waals surface area contributed by atoms with E-state index in [9.17, 15) is 4.21 Å². The summed E-state index contributed by atoms with van der Waals surface area (Å²) in [5.74, 6) is 0. The predicted octanol–water partition coefficient (Wildman–Crippen LogP) is 3.00. The van der Waals surface area contributed by atoms with Crippen molar-refractivity contribution in [2.24, 2.45) is 0 Å². The van der Waals surface area contributed by atoms with Gasteiger partial charge in [0.25, 0.3) is 0 Å². The van der Waals surface area contributed by atoms with Crippen molar-refractivity contribution in [1.82, 2.24) is 14.6 Å². The minimum Gasteiger partial charge on any atom is -0.384 e. The molecule has 1 aliphatic carbocycles. The number of aromatic nitrogens is 1. The molecule has 6 nitrogen and oxygen atoms in total. The van der Waals surface area contributed by atoms with Crippen molar-refractivity contribution in [2.45, 2.75) is 16.7 Å². The number of ether oxygens (including phenoxy) is 1. The maximum Gasteiger partial charge on any atom is 0.150 e. The summed E-state index contributed by atoms with van der Waals surface area (Å²) < 4.78 is 21.4. The van der Waals surface area contributed by atoms with E-state index in [0.29, 0.717) is 6.42 Å². The molecule has 2 N–H and O–H groups in total. The lowest BCUT2D eigenvalue weighted by Gasteiger charge is -2.31. The second-order valence-electron chi connectivity index (χ2n) is 7.43. The van der Waals surface area contributed by atoms with Crippen LogP contribution < -0.4 is 10.0 Å². The predicted molar refractivity (Wildman–Crippen MR) is 116 cm³/mol. The Morgan fingerprint density at radius 1 is 1.31 bits per heavy atom. The highest BCUT2D eigenvalue weighted by Gasteiger charge is 2.33. The number of nitrogens with zero attached hydrogens (tertiary/aromatic N) is 2. The van der Waals surface area contributed by atoms with Crippen molar-refractivity contribution in [3.8, 4) is 0 Å². The van der Waals surface area contributed by atoms with Crippen LogP contribution in [0.25, 0.3) is 11.3 Å². The van der Waals surface area contributed by atoms with E-state index >= 15 is 0 Å². The van der Waals surface area contributed by atoms with Crippen LogP contribution in [0.1, 0.15) is 28.6 Å². The van der Waals surface area contributed by atoms with E-state index in [4.69, 9.17) is 16.3 Å². The lowest BCUT2D eigenvalue weighted by molar-refractivity contribution is 0.0398. The third kappa shape index (κ3) is 3.68. The topological polar surface area (TPSA) is 66.5 Å². The Morgan fingerprint density at radius 2 is 2.17 bits per heavy atom. The fourth-order valence-electron chi connectivity index (χ4n) is 4.14. The zero-order valence-corrected chi connectivity index (χ0v) is 17.6. The SMILES string of the molecule is O=S1NC2=C(CC(Cl)c3cccnc32)c2cc(NCCN3CCOCC3)ccc21. The van der Waals surface area contributed by atoms with E-state index in [0.717, 1.165) is 78.1 Å². The van der Waals surface area contributed by atoms with Gasteiger partial charge in [0.15, 0.2) is 11.0 Å². The molecule has 3 heterocycles. The highest BCUT2D eigenvalue weighted by atomic mass is 35.5. The molecule has 2 atom stereocenters. The number of rotatable bonds is 4. The van der Waals surface area contributed by atoms with Crippen LogP contribution in [0.3, 0.4) is 0 Å². The number of anilines is 1. The van der Waals surface area contributed by atoms with Gasteiger partial charge in [0.05, 0.1) is 34.9 Å². The van der Waals surface area contributed by atoms with Gasteiger partial charge < -0.3 is 10.1 Å². The van der Waals surface area contributed by atoms with Crippen LogP contribution >= 0.6 is 11.6 Å². The summed E-state index contributed by atoms with van der Waals surface area (Å²) in [5.41, 5.74) is 5.74. The molecular weight excluding hydrogens is 408 g/mol. The summed E-state index contributed by atoms with van der Waals surface area (Å²) in [6.45, 7) is 5.41. The molecule has 1 saturated heterocycles. The van der Waals surface area contributed by atoms with E-state index in [1.54, 1.807) is 6.20 Å². The number of hydrogen-bond donors (Lipinski definition) is 2. The summed E-state index contributed by atoms with van der Waals surface area (Å²) in [6, 6.07) is 9.92. The van der Waals surface area contributed by atoms with Gasteiger partial charge in [-0.15, -0.1) is 11.6 Å². The molecule has 2 aromatic rings. The molecule has 8 heteroatoms. The van der Waals surface area contributed by atoms with Crippen LogP contribution in [0.2, 0.25) is 0 Å². The lowest BCUT2D eigenvalue weighted by atomic mass is 9.88. The van der Waals surface area contributed by atoms with Gasteiger partial charge in [0.1, 0.15) is 0 Å². The number of pyridine rings is 1. The van der Waals surface area contributed by atoms with Gasteiger partial charge >= 0.3 is 0 Å². The van der Waals surface area contributed by atoms with Gasteiger partial charge in [0, 0.05) is 38.1 Å². The first-order valence-corrected chi connectivity index (χ1v) is 11.5. The Labute approximate surface area is 177 Å². The minimum absolute atomic E-state index is 0.142. The van der Waals surface area contributed by atoms with Crippen molar-refractivity contribution in [3.63, 3.8) is 0 Å². The summed E-state index contributed by atoms with van der Waals surface area (Å²) in [5, 5.41) is 3.37. The van der Waals surface area contributed by atoms with E-state index in [-0.39, 0.29) is 5.38 Å². The smallest absolute Gasteiger partial charge is 0.150 e. The minimum atomic E-state index is -1.31. The maximum atomic E-state index is 12.8. The summed E-state index contributed by atoms with van der Waals surface area (Å²) in [7, 11) is -1.31. The molecule has 0 amide bonds. The Kier molecular flexibility index (Phi) is 5.30. The first-order valence-electron chi connectivity index (χ1n) is 9.90. The first kappa shape index (κ1) is 19.1. The van der Waals surface area contributed by atoms with Gasteiger partial charge in [-0.1, -0.05) is 6.07 Å². The normalized spacial score (nSPS) is 23.6. The first-order chi connectivity index (χ1) is 14.2. The second kappa shape index (κ2) is 8.07. The Hall–Kier alpha value is -1.93. The highest BCUT2D eigenvalue weighted by molar-refractivity contribution is 7.83. The Morgan fingerprint density at radius 3 is 3.03 bits per heavy atom. The van der Waals surface area contributed by atoms with Crippen molar-refractivity contribution >= 4 is 39.5 Å². The largest absolute Gasteiger partial charge is 0.384 e. The third-order valence-electron chi connectivity index (χ3n) is 5.66. The molecule has 0 radical (unpaired) electrons. The summed E-state index contributed by atoms with van der Waals surface area (Å²) in [6.07, 6.45) is 2.44. The molecule has 1 fully saturated rings. The van der Waals surface area contributed by atoms with Crippen molar-refractivity contribution in [3.05, 3.63) is 53.3 Å². The number of hydrogen-bond acceptors (Lipinski definition) is 5. The Balaban J connectivity index is 1.42.